The first kappa shape index (κ1) is 18.3. The van der Waals surface area contributed by atoms with Crippen LogP contribution in [0.15, 0.2) is 52.6 Å². The molecule has 1 saturated heterocycles. The van der Waals surface area contributed by atoms with Crippen molar-refractivity contribution < 1.29 is 13.9 Å². The van der Waals surface area contributed by atoms with E-state index in [1.807, 2.05) is 47.5 Å². The third-order valence-electron chi connectivity index (χ3n) is 4.37. The first-order chi connectivity index (χ1) is 13.3. The van der Waals surface area contributed by atoms with E-state index < -0.39 is 0 Å². The quantitative estimate of drug-likeness (QED) is 0.626. The lowest BCUT2D eigenvalue weighted by molar-refractivity contribution is 0.0999. The van der Waals surface area contributed by atoms with Gasteiger partial charge in [-0.05, 0) is 42.0 Å². The zero-order valence-electron chi connectivity index (χ0n) is 14.7. The summed E-state index contributed by atoms with van der Waals surface area (Å²) in [5.74, 6) is 1.17. The van der Waals surface area contributed by atoms with Gasteiger partial charge in [0.25, 0.3) is 5.91 Å². The van der Waals surface area contributed by atoms with Crippen LogP contribution in [0.4, 0.5) is 5.69 Å². The monoisotopic (exact) mass is 400 g/mol. The molecule has 1 aliphatic heterocycles. The van der Waals surface area contributed by atoms with Gasteiger partial charge >= 0.3 is 0 Å². The molecule has 0 unspecified atom stereocenters. The minimum atomic E-state index is -0.263. The minimum Gasteiger partial charge on any atom is -0.442 e. The van der Waals surface area contributed by atoms with Gasteiger partial charge in [-0.2, -0.15) is 11.8 Å². The smallest absolute Gasteiger partial charge is 0.278 e. The van der Waals surface area contributed by atoms with Crippen molar-refractivity contribution in [3.63, 3.8) is 0 Å². The normalized spacial score (nSPS) is 15.0. The van der Waals surface area contributed by atoms with Gasteiger partial charge in [0.1, 0.15) is 0 Å². The van der Waals surface area contributed by atoms with Gasteiger partial charge in [0.2, 0.25) is 0 Å². The van der Waals surface area contributed by atoms with Crippen molar-refractivity contribution in [2.24, 2.45) is 0 Å². The number of carbonyl (C=O) groups is 1. The molecular weight excluding hydrogens is 380 g/mol. The number of thioether (sulfide) groups is 1. The van der Waals surface area contributed by atoms with Crippen molar-refractivity contribution in [1.29, 1.82) is 0 Å². The molecule has 7 heteroatoms. The lowest BCUT2D eigenvalue weighted by Gasteiger charge is -2.21. The number of anilines is 1. The number of thiophene rings is 1. The number of carbonyl (C=O) groups excluding carboxylic acids is 1. The van der Waals surface area contributed by atoms with Crippen molar-refractivity contribution >= 4 is 34.7 Å². The van der Waals surface area contributed by atoms with E-state index in [2.05, 4.69) is 16.4 Å². The van der Waals surface area contributed by atoms with Gasteiger partial charge in [-0.3, -0.25) is 4.79 Å². The fourth-order valence-corrected chi connectivity index (χ4v) is 4.82. The van der Waals surface area contributed by atoms with Crippen molar-refractivity contribution in [3.05, 3.63) is 59.4 Å². The van der Waals surface area contributed by atoms with Gasteiger partial charge in [0, 0.05) is 29.9 Å². The molecule has 0 atom stereocenters. The molecule has 0 aliphatic carbocycles. The Morgan fingerprint density at radius 3 is 2.96 bits per heavy atom. The standard InChI is InChI=1S/C20H20N2O3S2/c23-20(18-19(25-13-21-18)17-5-2-10-26-17)22-15-4-1-3-14(11-15)12-27-16-6-8-24-9-7-16/h1-5,10-11,13,16H,6-9,12H2,(H,22,23). The lowest BCUT2D eigenvalue weighted by atomic mass is 10.2. The van der Waals surface area contributed by atoms with Gasteiger partial charge < -0.3 is 14.5 Å². The Morgan fingerprint density at radius 2 is 2.15 bits per heavy atom. The summed E-state index contributed by atoms with van der Waals surface area (Å²) >= 11 is 3.47. The maximum atomic E-state index is 12.7. The number of nitrogens with zero attached hydrogens (tertiary/aromatic N) is 1. The van der Waals surface area contributed by atoms with Crippen molar-refractivity contribution in [3.8, 4) is 10.6 Å². The predicted octanol–water partition coefficient (Wildman–Crippen LogP) is 5.07. The van der Waals surface area contributed by atoms with E-state index in [-0.39, 0.29) is 5.91 Å². The average Bonchev–Trinajstić information content (AvgIpc) is 3.39. The number of benzene rings is 1. The Labute approximate surface area is 166 Å². The van der Waals surface area contributed by atoms with Crippen LogP contribution in [-0.4, -0.2) is 29.4 Å². The summed E-state index contributed by atoms with van der Waals surface area (Å²) in [4.78, 5) is 17.6. The molecule has 0 saturated carbocycles. The van der Waals surface area contributed by atoms with Crippen LogP contribution < -0.4 is 5.32 Å². The van der Waals surface area contributed by atoms with Crippen molar-refractivity contribution in [2.45, 2.75) is 23.8 Å². The molecule has 1 aromatic carbocycles. The second-order valence-corrected chi connectivity index (χ2v) is 8.52. The van der Waals surface area contributed by atoms with Crippen LogP contribution in [0.1, 0.15) is 28.9 Å². The van der Waals surface area contributed by atoms with Crippen molar-refractivity contribution in [2.75, 3.05) is 18.5 Å². The fourth-order valence-electron chi connectivity index (χ4n) is 2.98. The summed E-state index contributed by atoms with van der Waals surface area (Å²) in [6.45, 7) is 1.72. The summed E-state index contributed by atoms with van der Waals surface area (Å²) in [7, 11) is 0. The lowest BCUT2D eigenvalue weighted by Crippen LogP contribution is -2.17. The number of nitrogens with one attached hydrogen (secondary N) is 1. The largest absolute Gasteiger partial charge is 0.442 e. The van der Waals surface area contributed by atoms with Crippen LogP contribution in [0.25, 0.3) is 10.6 Å². The van der Waals surface area contributed by atoms with Crippen molar-refractivity contribution in [1.82, 2.24) is 4.98 Å². The Kier molecular flexibility index (Phi) is 5.91. The van der Waals surface area contributed by atoms with Crippen LogP contribution in [0.3, 0.4) is 0 Å². The number of hydrogen-bond acceptors (Lipinski definition) is 6. The molecule has 3 heterocycles. The van der Waals surface area contributed by atoms with Crippen LogP contribution in [0.5, 0.6) is 0 Å². The number of amides is 1. The number of hydrogen-bond donors (Lipinski definition) is 1. The van der Waals surface area contributed by atoms with Gasteiger partial charge in [0.15, 0.2) is 17.8 Å². The number of ether oxygens (including phenoxy) is 1. The van der Waals surface area contributed by atoms with E-state index >= 15 is 0 Å². The molecule has 2 aromatic heterocycles. The highest BCUT2D eigenvalue weighted by atomic mass is 32.2. The van der Waals surface area contributed by atoms with E-state index in [1.165, 1.54) is 23.3 Å². The maximum Gasteiger partial charge on any atom is 0.278 e. The van der Waals surface area contributed by atoms with E-state index in [1.54, 1.807) is 0 Å². The van der Waals surface area contributed by atoms with E-state index in [9.17, 15) is 4.79 Å². The zero-order valence-corrected chi connectivity index (χ0v) is 16.4. The fraction of sp³-hybridized carbons (Fsp3) is 0.300. The van der Waals surface area contributed by atoms with Crippen LogP contribution in [0, 0.1) is 0 Å². The van der Waals surface area contributed by atoms with E-state index in [4.69, 9.17) is 9.15 Å². The second-order valence-electron chi connectivity index (χ2n) is 6.28. The molecule has 1 amide bonds. The molecule has 1 aliphatic rings. The molecule has 1 N–H and O–H groups in total. The summed E-state index contributed by atoms with van der Waals surface area (Å²) in [5, 5.41) is 5.54. The number of rotatable bonds is 6. The Hall–Kier alpha value is -2.09. The summed E-state index contributed by atoms with van der Waals surface area (Å²) < 4.78 is 10.8. The molecule has 0 radical (unpaired) electrons. The summed E-state index contributed by atoms with van der Waals surface area (Å²) in [6.07, 6.45) is 3.53. The van der Waals surface area contributed by atoms with Crippen LogP contribution in [-0.2, 0) is 10.5 Å². The maximum absolute atomic E-state index is 12.7. The second kappa shape index (κ2) is 8.73. The number of aromatic nitrogens is 1. The Bertz CT molecular complexity index is 886. The first-order valence-electron chi connectivity index (χ1n) is 8.86. The molecule has 3 aromatic rings. The van der Waals surface area contributed by atoms with Crippen LogP contribution >= 0.6 is 23.1 Å². The highest BCUT2D eigenvalue weighted by molar-refractivity contribution is 7.99. The molecule has 5 nitrogen and oxygen atoms in total. The Balaban J connectivity index is 1.41. The minimum absolute atomic E-state index is 0.263. The van der Waals surface area contributed by atoms with E-state index in [0.717, 1.165) is 42.4 Å². The topological polar surface area (TPSA) is 64.4 Å². The molecule has 140 valence electrons. The number of oxazole rings is 1. The molecule has 1 fully saturated rings. The first-order valence-corrected chi connectivity index (χ1v) is 10.8. The SMILES string of the molecule is O=C(Nc1cccc(CSC2CCOCC2)c1)c1ncoc1-c1cccs1. The average molecular weight is 401 g/mol. The highest BCUT2D eigenvalue weighted by Gasteiger charge is 2.19. The Morgan fingerprint density at radius 1 is 1.26 bits per heavy atom. The molecule has 4 rings (SSSR count). The summed E-state index contributed by atoms with van der Waals surface area (Å²) in [6, 6.07) is 11.8. The van der Waals surface area contributed by atoms with Gasteiger partial charge in [-0.1, -0.05) is 18.2 Å². The predicted molar refractivity (Wildman–Crippen MR) is 109 cm³/mol. The van der Waals surface area contributed by atoms with Gasteiger partial charge in [-0.15, -0.1) is 11.3 Å². The third kappa shape index (κ3) is 4.61. The molecule has 0 bridgehead atoms. The van der Waals surface area contributed by atoms with Crippen LogP contribution in [0.2, 0.25) is 0 Å². The molecule has 27 heavy (non-hydrogen) atoms. The molecular formula is C20H20N2O3S2. The summed E-state index contributed by atoms with van der Waals surface area (Å²) in [5.41, 5.74) is 2.27. The zero-order chi connectivity index (χ0) is 18.5. The van der Waals surface area contributed by atoms with E-state index in [0.29, 0.717) is 16.7 Å². The third-order valence-corrected chi connectivity index (χ3v) is 6.68. The highest BCUT2D eigenvalue weighted by Crippen LogP contribution is 2.29. The molecule has 0 spiro atoms. The van der Waals surface area contributed by atoms with Gasteiger partial charge in [-0.25, -0.2) is 4.98 Å². The van der Waals surface area contributed by atoms with Gasteiger partial charge in [0.05, 0.1) is 4.88 Å².